The summed E-state index contributed by atoms with van der Waals surface area (Å²) >= 11 is 0. The second-order valence-electron chi connectivity index (χ2n) is 6.27. The lowest BCUT2D eigenvalue weighted by Gasteiger charge is -2.14. The topological polar surface area (TPSA) is 65.5 Å². The number of aryl methyl sites for hydroxylation is 2. The quantitative estimate of drug-likeness (QED) is 0.553. The molecule has 3 N–H and O–H groups in total. The van der Waals surface area contributed by atoms with Crippen LogP contribution >= 0.6 is 0 Å². The summed E-state index contributed by atoms with van der Waals surface area (Å²) in [6.45, 7) is 8.12. The fourth-order valence-electron chi connectivity index (χ4n) is 2.67. The van der Waals surface area contributed by atoms with Crippen molar-refractivity contribution in [2.24, 2.45) is 4.99 Å². The van der Waals surface area contributed by atoms with Crippen LogP contribution in [0.2, 0.25) is 0 Å². The van der Waals surface area contributed by atoms with Gasteiger partial charge in [-0.05, 0) is 49.6 Å². The normalized spacial score (nSPS) is 11.2. The molecule has 1 amide bonds. The highest BCUT2D eigenvalue weighted by molar-refractivity contribution is 5.94. The minimum absolute atomic E-state index is 0.0436. The van der Waals surface area contributed by atoms with Crippen molar-refractivity contribution in [3.63, 3.8) is 0 Å². The van der Waals surface area contributed by atoms with E-state index in [1.165, 1.54) is 16.7 Å². The van der Waals surface area contributed by atoms with Crippen LogP contribution in [0.4, 0.5) is 0 Å². The molecule has 0 radical (unpaired) electrons. The van der Waals surface area contributed by atoms with E-state index in [4.69, 9.17) is 0 Å². The van der Waals surface area contributed by atoms with Crippen LogP contribution in [0.25, 0.3) is 0 Å². The van der Waals surface area contributed by atoms with Gasteiger partial charge < -0.3 is 16.0 Å². The molecule has 0 aromatic heterocycles. The first-order valence-electron chi connectivity index (χ1n) is 8.91. The number of amides is 1. The van der Waals surface area contributed by atoms with Gasteiger partial charge in [0.2, 0.25) is 0 Å². The summed E-state index contributed by atoms with van der Waals surface area (Å²) in [5, 5.41) is 9.43. The third-order valence-corrected chi connectivity index (χ3v) is 4.18. The van der Waals surface area contributed by atoms with Crippen LogP contribution in [0.5, 0.6) is 0 Å². The molecule has 5 nitrogen and oxygen atoms in total. The van der Waals surface area contributed by atoms with Gasteiger partial charge in [-0.1, -0.05) is 35.9 Å². The first-order valence-corrected chi connectivity index (χ1v) is 8.91. The maximum atomic E-state index is 11.8. The molecule has 0 atom stereocenters. The number of hydrogen-bond acceptors (Lipinski definition) is 2. The van der Waals surface area contributed by atoms with Crippen LogP contribution in [0.15, 0.2) is 47.5 Å². The molecule has 2 aromatic carbocycles. The predicted molar refractivity (Wildman–Crippen MR) is 107 cm³/mol. The standard InChI is InChI=1S/C21H28N4O/c1-5-23-20(26)18-10-7-17(8-11-18)13-24-21(22-4)25-14-19-9-6-15(2)12-16(19)3/h6-12H,5,13-14H2,1-4H3,(H,23,26)(H2,22,24,25). The molecule has 0 saturated heterocycles. The minimum atomic E-state index is -0.0436. The van der Waals surface area contributed by atoms with Gasteiger partial charge in [-0.25, -0.2) is 0 Å². The van der Waals surface area contributed by atoms with Crippen molar-refractivity contribution in [1.82, 2.24) is 16.0 Å². The average molecular weight is 352 g/mol. The zero-order valence-electron chi connectivity index (χ0n) is 16.0. The summed E-state index contributed by atoms with van der Waals surface area (Å²) in [5.74, 6) is 0.704. The van der Waals surface area contributed by atoms with Gasteiger partial charge in [0, 0.05) is 32.2 Å². The lowest BCUT2D eigenvalue weighted by Crippen LogP contribution is -2.36. The first-order chi connectivity index (χ1) is 12.5. The molecule has 0 unspecified atom stereocenters. The highest BCUT2D eigenvalue weighted by Gasteiger charge is 2.05. The summed E-state index contributed by atoms with van der Waals surface area (Å²) in [7, 11) is 1.76. The maximum absolute atomic E-state index is 11.8. The van der Waals surface area contributed by atoms with Crippen molar-refractivity contribution in [2.75, 3.05) is 13.6 Å². The first kappa shape index (κ1) is 19.5. The van der Waals surface area contributed by atoms with Gasteiger partial charge in [0.15, 0.2) is 5.96 Å². The molecule has 0 fully saturated rings. The van der Waals surface area contributed by atoms with Crippen molar-refractivity contribution < 1.29 is 4.79 Å². The molecule has 0 aliphatic heterocycles. The van der Waals surface area contributed by atoms with E-state index in [1.54, 1.807) is 7.05 Å². The van der Waals surface area contributed by atoms with Crippen LogP contribution in [0.1, 0.15) is 39.5 Å². The number of nitrogens with zero attached hydrogens (tertiary/aromatic N) is 1. The lowest BCUT2D eigenvalue weighted by molar-refractivity contribution is 0.0956. The van der Waals surface area contributed by atoms with E-state index in [0.717, 1.165) is 18.1 Å². The Bertz CT molecular complexity index is 766. The number of aliphatic imine (C=N–C) groups is 1. The fraction of sp³-hybridized carbons (Fsp3) is 0.333. The van der Waals surface area contributed by atoms with E-state index in [0.29, 0.717) is 18.7 Å². The second-order valence-corrected chi connectivity index (χ2v) is 6.27. The third-order valence-electron chi connectivity index (χ3n) is 4.18. The van der Waals surface area contributed by atoms with Gasteiger partial charge in [-0.3, -0.25) is 9.79 Å². The summed E-state index contributed by atoms with van der Waals surface area (Å²) in [5.41, 5.74) is 5.56. The molecule has 0 saturated carbocycles. The Balaban J connectivity index is 1.87. The van der Waals surface area contributed by atoms with Gasteiger partial charge in [-0.15, -0.1) is 0 Å². The van der Waals surface area contributed by atoms with Crippen molar-refractivity contribution >= 4 is 11.9 Å². The van der Waals surface area contributed by atoms with E-state index >= 15 is 0 Å². The molecule has 0 aliphatic rings. The summed E-state index contributed by atoms with van der Waals surface area (Å²) in [6.07, 6.45) is 0. The largest absolute Gasteiger partial charge is 0.352 e. The van der Waals surface area contributed by atoms with Crippen LogP contribution in [-0.2, 0) is 13.1 Å². The number of benzene rings is 2. The lowest BCUT2D eigenvalue weighted by atomic mass is 10.1. The molecule has 26 heavy (non-hydrogen) atoms. The van der Waals surface area contributed by atoms with E-state index in [-0.39, 0.29) is 5.91 Å². The highest BCUT2D eigenvalue weighted by atomic mass is 16.1. The molecule has 0 bridgehead atoms. The number of carbonyl (C=O) groups excluding carboxylic acids is 1. The van der Waals surface area contributed by atoms with E-state index in [2.05, 4.69) is 53.0 Å². The average Bonchev–Trinajstić information content (AvgIpc) is 2.64. The van der Waals surface area contributed by atoms with Crippen LogP contribution in [0.3, 0.4) is 0 Å². The highest BCUT2D eigenvalue weighted by Crippen LogP contribution is 2.10. The smallest absolute Gasteiger partial charge is 0.251 e. The van der Waals surface area contributed by atoms with Crippen LogP contribution < -0.4 is 16.0 Å². The van der Waals surface area contributed by atoms with Crippen molar-refractivity contribution in [3.05, 3.63) is 70.3 Å². The number of hydrogen-bond donors (Lipinski definition) is 3. The molecule has 0 spiro atoms. The molecule has 0 aliphatic carbocycles. The molecule has 2 rings (SSSR count). The van der Waals surface area contributed by atoms with E-state index < -0.39 is 0 Å². The maximum Gasteiger partial charge on any atom is 0.251 e. The second kappa shape index (κ2) is 9.61. The van der Waals surface area contributed by atoms with Crippen molar-refractivity contribution in [1.29, 1.82) is 0 Å². The molecule has 0 heterocycles. The van der Waals surface area contributed by atoms with Gasteiger partial charge in [0.1, 0.15) is 0 Å². The summed E-state index contributed by atoms with van der Waals surface area (Å²) in [6, 6.07) is 14.0. The van der Waals surface area contributed by atoms with Gasteiger partial charge in [0.05, 0.1) is 0 Å². The predicted octanol–water partition coefficient (Wildman–Crippen LogP) is 2.92. The SMILES string of the molecule is CCNC(=O)c1ccc(CNC(=NC)NCc2ccc(C)cc2C)cc1. The molecular formula is C21H28N4O. The molecular weight excluding hydrogens is 324 g/mol. The molecule has 138 valence electrons. The molecule has 2 aromatic rings. The Hall–Kier alpha value is -2.82. The van der Waals surface area contributed by atoms with Crippen LogP contribution in [0, 0.1) is 13.8 Å². The Labute approximate surface area is 155 Å². The Morgan fingerprint density at radius 1 is 0.962 bits per heavy atom. The zero-order chi connectivity index (χ0) is 18.9. The minimum Gasteiger partial charge on any atom is -0.352 e. The van der Waals surface area contributed by atoms with E-state index in [1.807, 2.05) is 31.2 Å². The monoisotopic (exact) mass is 352 g/mol. The summed E-state index contributed by atoms with van der Waals surface area (Å²) < 4.78 is 0. The van der Waals surface area contributed by atoms with Gasteiger partial charge in [-0.2, -0.15) is 0 Å². The number of guanidine groups is 1. The number of rotatable bonds is 6. The van der Waals surface area contributed by atoms with Gasteiger partial charge in [0.25, 0.3) is 5.91 Å². The zero-order valence-corrected chi connectivity index (χ0v) is 16.0. The number of nitrogens with one attached hydrogen (secondary N) is 3. The number of carbonyl (C=O) groups is 1. The summed E-state index contributed by atoms with van der Waals surface area (Å²) in [4.78, 5) is 16.0. The molecule has 5 heteroatoms. The Morgan fingerprint density at radius 3 is 2.27 bits per heavy atom. The van der Waals surface area contributed by atoms with Crippen molar-refractivity contribution in [3.8, 4) is 0 Å². The Kier molecular flexibility index (Phi) is 7.21. The fourth-order valence-corrected chi connectivity index (χ4v) is 2.67. The van der Waals surface area contributed by atoms with Crippen molar-refractivity contribution in [2.45, 2.75) is 33.9 Å². The van der Waals surface area contributed by atoms with E-state index in [9.17, 15) is 4.79 Å². The van der Waals surface area contributed by atoms with Crippen LogP contribution in [-0.4, -0.2) is 25.5 Å². The third kappa shape index (κ3) is 5.62. The Morgan fingerprint density at radius 2 is 1.65 bits per heavy atom. The van der Waals surface area contributed by atoms with Gasteiger partial charge >= 0.3 is 0 Å².